The smallest absolute Gasteiger partial charge is 0.213 e. The minimum atomic E-state index is -0.287. The van der Waals surface area contributed by atoms with E-state index in [2.05, 4.69) is 0 Å². The van der Waals surface area contributed by atoms with Gasteiger partial charge < -0.3 is 0 Å². The molecule has 1 aromatic heterocycles. The van der Waals surface area contributed by atoms with Gasteiger partial charge >= 0.3 is 11.5 Å². The van der Waals surface area contributed by atoms with Crippen molar-refractivity contribution in [3.63, 3.8) is 0 Å². The highest BCUT2D eigenvalue weighted by Gasteiger charge is 2.16. The van der Waals surface area contributed by atoms with Gasteiger partial charge in [0, 0.05) is 11.6 Å². The van der Waals surface area contributed by atoms with Gasteiger partial charge in [-0.2, -0.15) is 0 Å². The Balaban J connectivity index is 2.07. The lowest BCUT2D eigenvalue weighted by molar-refractivity contribution is 0.532. The second-order valence-corrected chi connectivity index (χ2v) is 4.83. The van der Waals surface area contributed by atoms with E-state index in [1.165, 1.54) is 24.3 Å². The normalized spacial score (nSPS) is 10.6. The first-order valence-corrected chi connectivity index (χ1v) is 6.58. The summed E-state index contributed by atoms with van der Waals surface area (Å²) >= 11 is 0. The molecular formula is C18H13F2O+. The summed E-state index contributed by atoms with van der Waals surface area (Å²) < 4.78 is 31.7. The molecule has 0 bridgehead atoms. The van der Waals surface area contributed by atoms with Crippen LogP contribution in [0.4, 0.5) is 8.78 Å². The zero-order valence-electron chi connectivity index (χ0n) is 11.4. The van der Waals surface area contributed by atoms with Crippen LogP contribution in [-0.4, -0.2) is 0 Å². The number of hydrogen-bond acceptors (Lipinski definition) is 0. The maximum Gasteiger partial charge on any atom is 0.360 e. The molecule has 0 saturated heterocycles. The van der Waals surface area contributed by atoms with Crippen LogP contribution in [0.15, 0.2) is 65.1 Å². The lowest BCUT2D eigenvalue weighted by Gasteiger charge is -2.01. The maximum absolute atomic E-state index is 13.0. The Kier molecular flexibility index (Phi) is 3.48. The van der Waals surface area contributed by atoms with Crippen molar-refractivity contribution in [2.24, 2.45) is 0 Å². The topological polar surface area (TPSA) is 11.3 Å². The molecular weight excluding hydrogens is 270 g/mol. The van der Waals surface area contributed by atoms with Crippen LogP contribution in [-0.2, 0) is 0 Å². The van der Waals surface area contributed by atoms with Gasteiger partial charge in [0.1, 0.15) is 11.6 Å². The Morgan fingerprint density at radius 1 is 0.667 bits per heavy atom. The van der Waals surface area contributed by atoms with Gasteiger partial charge in [0.2, 0.25) is 0 Å². The first-order valence-electron chi connectivity index (χ1n) is 6.58. The lowest BCUT2D eigenvalue weighted by Crippen LogP contribution is -1.85. The molecule has 0 aliphatic heterocycles. The molecule has 0 amide bonds. The van der Waals surface area contributed by atoms with Crippen LogP contribution in [0.3, 0.4) is 0 Å². The molecule has 1 nitrogen and oxygen atoms in total. The second-order valence-electron chi connectivity index (χ2n) is 4.83. The molecule has 0 atom stereocenters. The van der Waals surface area contributed by atoms with Crippen LogP contribution in [0, 0.1) is 18.6 Å². The van der Waals surface area contributed by atoms with Crippen LogP contribution < -0.4 is 0 Å². The van der Waals surface area contributed by atoms with Crippen molar-refractivity contribution in [3.8, 4) is 22.5 Å². The fourth-order valence-corrected chi connectivity index (χ4v) is 2.20. The third-order valence-electron chi connectivity index (χ3n) is 3.22. The number of rotatable bonds is 2. The number of halogens is 2. The van der Waals surface area contributed by atoms with Gasteiger partial charge in [-0.3, -0.25) is 0 Å². The molecule has 104 valence electrons. The van der Waals surface area contributed by atoms with Gasteiger partial charge in [-0.15, -0.1) is 0 Å². The second kappa shape index (κ2) is 5.44. The number of aryl methyl sites for hydroxylation is 1. The predicted molar refractivity (Wildman–Crippen MR) is 78.6 cm³/mol. The number of hydrogen-bond donors (Lipinski definition) is 0. The van der Waals surface area contributed by atoms with Gasteiger partial charge in [-0.25, -0.2) is 13.2 Å². The first kappa shape index (κ1) is 13.4. The minimum Gasteiger partial charge on any atom is -0.213 e. The molecule has 0 unspecified atom stereocenters. The van der Waals surface area contributed by atoms with Crippen molar-refractivity contribution in [1.82, 2.24) is 0 Å². The molecule has 3 aromatic rings. The van der Waals surface area contributed by atoms with E-state index < -0.39 is 0 Å². The highest BCUT2D eigenvalue weighted by atomic mass is 19.1. The highest BCUT2D eigenvalue weighted by Crippen LogP contribution is 2.28. The molecule has 3 rings (SSSR count). The predicted octanol–water partition coefficient (Wildman–Crippen LogP) is 5.48. The fourth-order valence-electron chi connectivity index (χ4n) is 2.20. The summed E-state index contributed by atoms with van der Waals surface area (Å²) in [5.74, 6) is 0.825. The molecule has 0 aliphatic carbocycles. The van der Waals surface area contributed by atoms with Gasteiger partial charge in [0.25, 0.3) is 0 Å². The average Bonchev–Trinajstić information content (AvgIpc) is 2.48. The van der Waals surface area contributed by atoms with E-state index in [4.69, 9.17) is 4.42 Å². The maximum atomic E-state index is 13.0. The monoisotopic (exact) mass is 283 g/mol. The highest BCUT2D eigenvalue weighted by molar-refractivity contribution is 5.69. The average molecular weight is 283 g/mol. The van der Waals surface area contributed by atoms with Crippen molar-refractivity contribution in [3.05, 3.63) is 78.1 Å². The summed E-state index contributed by atoms with van der Waals surface area (Å²) in [5.41, 5.74) is 2.63. The van der Waals surface area contributed by atoms with Gasteiger partial charge in [0.15, 0.2) is 0 Å². The summed E-state index contributed by atoms with van der Waals surface area (Å²) in [5, 5.41) is 0. The van der Waals surface area contributed by atoms with Crippen molar-refractivity contribution < 1.29 is 13.2 Å². The van der Waals surface area contributed by atoms with E-state index >= 15 is 0 Å². The summed E-state index contributed by atoms with van der Waals surface area (Å²) in [7, 11) is 0. The van der Waals surface area contributed by atoms with Gasteiger partial charge in [0.05, 0.1) is 18.6 Å². The third-order valence-corrected chi connectivity index (χ3v) is 3.22. The van der Waals surface area contributed by atoms with Crippen LogP contribution in [0.5, 0.6) is 0 Å². The molecule has 0 N–H and O–H groups in total. The first-order chi connectivity index (χ1) is 10.1. The van der Waals surface area contributed by atoms with Crippen LogP contribution in [0.1, 0.15) is 5.76 Å². The standard InChI is InChI=1S/C18H13F2O/c1-12-10-15(13-2-6-16(19)7-3-13)11-18(21-12)14-4-8-17(20)9-5-14/h2-11H,1H3/q+1. The molecule has 0 saturated carbocycles. The zero-order valence-corrected chi connectivity index (χ0v) is 11.4. The van der Waals surface area contributed by atoms with Crippen LogP contribution in [0.25, 0.3) is 22.5 Å². The van der Waals surface area contributed by atoms with Gasteiger partial charge in [-0.1, -0.05) is 12.1 Å². The molecule has 2 aromatic carbocycles. The largest absolute Gasteiger partial charge is 0.360 e. The molecule has 0 aliphatic rings. The quantitative estimate of drug-likeness (QED) is 0.567. The Hall–Kier alpha value is -2.55. The molecule has 0 spiro atoms. The summed E-state index contributed by atoms with van der Waals surface area (Å²) in [4.78, 5) is 0. The zero-order chi connectivity index (χ0) is 14.8. The number of benzene rings is 2. The Labute approximate surface area is 121 Å². The lowest BCUT2D eigenvalue weighted by atomic mass is 10.0. The van der Waals surface area contributed by atoms with E-state index in [1.54, 1.807) is 24.3 Å². The van der Waals surface area contributed by atoms with E-state index in [-0.39, 0.29) is 11.6 Å². The molecule has 1 heterocycles. The van der Waals surface area contributed by atoms with Gasteiger partial charge in [-0.05, 0) is 42.0 Å². The van der Waals surface area contributed by atoms with Crippen molar-refractivity contribution in [1.29, 1.82) is 0 Å². The summed E-state index contributed by atoms with van der Waals surface area (Å²) in [6, 6.07) is 16.2. The van der Waals surface area contributed by atoms with Crippen molar-refractivity contribution in [2.75, 3.05) is 0 Å². The molecule has 0 radical (unpaired) electrons. The summed E-state index contributed by atoms with van der Waals surface area (Å²) in [6.45, 7) is 1.85. The Bertz CT molecular complexity index is 698. The Morgan fingerprint density at radius 2 is 1.19 bits per heavy atom. The SMILES string of the molecule is Cc1cc(-c2ccc(F)cc2)cc(-c2ccc(F)cc2)[o+]1. The fraction of sp³-hybridized carbons (Fsp3) is 0.0556. The third kappa shape index (κ3) is 2.97. The van der Waals surface area contributed by atoms with Crippen LogP contribution in [0.2, 0.25) is 0 Å². The van der Waals surface area contributed by atoms with E-state index in [1.807, 2.05) is 19.1 Å². The molecule has 3 heteroatoms. The summed E-state index contributed by atoms with van der Waals surface area (Å²) in [6.07, 6.45) is 0. The van der Waals surface area contributed by atoms with Crippen molar-refractivity contribution in [2.45, 2.75) is 6.92 Å². The van der Waals surface area contributed by atoms with Crippen LogP contribution >= 0.6 is 0 Å². The van der Waals surface area contributed by atoms with E-state index in [0.717, 1.165) is 22.5 Å². The minimum absolute atomic E-state index is 0.269. The molecule has 21 heavy (non-hydrogen) atoms. The Morgan fingerprint density at radius 3 is 1.76 bits per heavy atom. The van der Waals surface area contributed by atoms with E-state index in [9.17, 15) is 8.78 Å². The molecule has 0 fully saturated rings. The van der Waals surface area contributed by atoms with E-state index in [0.29, 0.717) is 5.76 Å². The van der Waals surface area contributed by atoms with Crippen molar-refractivity contribution >= 4 is 0 Å².